The van der Waals surface area contributed by atoms with Crippen LogP contribution in [0.5, 0.6) is 0 Å². The van der Waals surface area contributed by atoms with Crippen LogP contribution in [0.15, 0.2) is 53.5 Å². The van der Waals surface area contributed by atoms with Gasteiger partial charge in [0.05, 0.1) is 11.7 Å². The highest BCUT2D eigenvalue weighted by molar-refractivity contribution is 6.32. The minimum absolute atomic E-state index is 0.119. The van der Waals surface area contributed by atoms with Gasteiger partial charge in [-0.2, -0.15) is 0 Å². The normalized spacial score (nSPS) is 15.4. The molecule has 30 heavy (non-hydrogen) atoms. The van der Waals surface area contributed by atoms with Crippen LogP contribution in [-0.2, 0) is 6.42 Å². The minimum atomic E-state index is -0.234. The van der Waals surface area contributed by atoms with E-state index in [2.05, 4.69) is 9.97 Å². The third-order valence-corrected chi connectivity index (χ3v) is 5.77. The lowest BCUT2D eigenvalue weighted by molar-refractivity contribution is 0.568. The van der Waals surface area contributed by atoms with E-state index in [0.717, 1.165) is 29.1 Å². The summed E-state index contributed by atoms with van der Waals surface area (Å²) in [6.07, 6.45) is 3.13. The number of H-pyrrole nitrogens is 1. The van der Waals surface area contributed by atoms with Crippen molar-refractivity contribution < 1.29 is 0 Å². The Labute approximate surface area is 182 Å². The van der Waals surface area contributed by atoms with Gasteiger partial charge in [0.25, 0.3) is 5.56 Å². The molecular weight excluding hydrogens is 421 g/mol. The topological polar surface area (TPSA) is 76.5 Å². The third kappa shape index (κ3) is 3.32. The van der Waals surface area contributed by atoms with Gasteiger partial charge in [0.2, 0.25) is 0 Å². The van der Waals surface area contributed by atoms with Crippen molar-refractivity contribution in [1.29, 1.82) is 0 Å². The molecule has 6 nitrogen and oxygen atoms in total. The lowest BCUT2D eigenvalue weighted by Crippen LogP contribution is -2.25. The van der Waals surface area contributed by atoms with Gasteiger partial charge in [-0.15, -0.1) is 0 Å². The Morgan fingerprint density at radius 2 is 1.97 bits per heavy atom. The Morgan fingerprint density at radius 3 is 2.77 bits per heavy atom. The van der Waals surface area contributed by atoms with Crippen molar-refractivity contribution in [3.63, 3.8) is 0 Å². The van der Waals surface area contributed by atoms with Gasteiger partial charge >= 0.3 is 0 Å². The largest absolute Gasteiger partial charge is 0.331 e. The standard InChI is InChI=1S/C22H17Cl2N5O/c1-12-9-14(7-8-25-12)20-21(24)28-22(27-20)17-5-6-18-26-16(11-19(30)29(17)18)13-3-2-4-15(23)10-13/h2-4,7-11,17H,5-6H2,1H3,(H,27,28). The first-order valence-corrected chi connectivity index (χ1v) is 10.3. The maximum atomic E-state index is 13.0. The molecule has 4 heterocycles. The zero-order valence-electron chi connectivity index (χ0n) is 16.1. The second-order valence-corrected chi connectivity index (χ2v) is 8.12. The number of benzene rings is 1. The summed E-state index contributed by atoms with van der Waals surface area (Å²) in [5.74, 6) is 1.39. The van der Waals surface area contributed by atoms with Gasteiger partial charge in [-0.25, -0.2) is 9.97 Å². The summed E-state index contributed by atoms with van der Waals surface area (Å²) < 4.78 is 1.70. The predicted octanol–water partition coefficient (Wildman–Crippen LogP) is 4.85. The highest BCUT2D eigenvalue weighted by Gasteiger charge is 2.29. The molecule has 0 aliphatic carbocycles. The molecule has 1 aromatic carbocycles. The second kappa shape index (κ2) is 7.38. The summed E-state index contributed by atoms with van der Waals surface area (Å²) >= 11 is 12.5. The number of nitrogens with zero attached hydrogens (tertiary/aromatic N) is 4. The minimum Gasteiger partial charge on any atom is -0.331 e. The first-order valence-electron chi connectivity index (χ1n) is 9.56. The smallest absolute Gasteiger partial charge is 0.254 e. The van der Waals surface area contributed by atoms with Crippen molar-refractivity contribution >= 4 is 23.2 Å². The van der Waals surface area contributed by atoms with E-state index in [9.17, 15) is 4.79 Å². The summed E-state index contributed by atoms with van der Waals surface area (Å²) in [7, 11) is 0. The Morgan fingerprint density at radius 1 is 1.10 bits per heavy atom. The number of fused-ring (bicyclic) bond motifs is 1. The van der Waals surface area contributed by atoms with Crippen LogP contribution in [0.4, 0.5) is 0 Å². The third-order valence-electron chi connectivity index (χ3n) is 5.26. The fraction of sp³-hybridized carbons (Fsp3) is 0.182. The predicted molar refractivity (Wildman–Crippen MR) is 117 cm³/mol. The average molecular weight is 438 g/mol. The molecule has 1 N–H and O–H groups in total. The molecule has 4 aromatic rings. The Bertz CT molecular complexity index is 1330. The SMILES string of the molecule is Cc1cc(-c2nc(C3CCc4nc(-c5cccc(Cl)c5)cc(=O)n43)[nH]c2Cl)ccn1. The van der Waals surface area contributed by atoms with Gasteiger partial charge in [-0.05, 0) is 37.6 Å². The number of imidazole rings is 1. The van der Waals surface area contributed by atoms with Crippen LogP contribution < -0.4 is 5.56 Å². The van der Waals surface area contributed by atoms with E-state index in [1.165, 1.54) is 0 Å². The first kappa shape index (κ1) is 19.0. The number of rotatable bonds is 3. The fourth-order valence-corrected chi connectivity index (χ4v) is 4.35. The summed E-state index contributed by atoms with van der Waals surface area (Å²) in [6, 6.07) is 12.5. The number of aromatic nitrogens is 5. The Kier molecular flexibility index (Phi) is 4.68. The van der Waals surface area contributed by atoms with Gasteiger partial charge in [0.1, 0.15) is 22.5 Å². The van der Waals surface area contributed by atoms with E-state index in [-0.39, 0.29) is 11.6 Å². The zero-order valence-corrected chi connectivity index (χ0v) is 17.6. The van der Waals surface area contributed by atoms with Crippen LogP contribution in [0.1, 0.15) is 29.8 Å². The molecule has 1 aliphatic rings. The maximum Gasteiger partial charge on any atom is 0.254 e. The van der Waals surface area contributed by atoms with E-state index in [1.54, 1.807) is 22.9 Å². The molecule has 150 valence electrons. The van der Waals surface area contributed by atoms with Crippen LogP contribution in [0.2, 0.25) is 10.2 Å². The molecule has 0 radical (unpaired) electrons. The van der Waals surface area contributed by atoms with E-state index < -0.39 is 0 Å². The maximum absolute atomic E-state index is 13.0. The lowest BCUT2D eigenvalue weighted by Gasteiger charge is -2.12. The summed E-state index contributed by atoms with van der Waals surface area (Å²) in [6.45, 7) is 1.92. The second-order valence-electron chi connectivity index (χ2n) is 7.30. The quantitative estimate of drug-likeness (QED) is 0.496. The number of halogens is 2. The fourth-order valence-electron chi connectivity index (χ4n) is 3.91. The molecule has 1 aliphatic heterocycles. The van der Waals surface area contributed by atoms with Crippen LogP contribution in [0.25, 0.3) is 22.5 Å². The molecule has 0 spiro atoms. The van der Waals surface area contributed by atoms with Crippen LogP contribution in [0, 0.1) is 6.92 Å². The zero-order chi connectivity index (χ0) is 20.8. The highest BCUT2D eigenvalue weighted by atomic mass is 35.5. The molecule has 0 saturated heterocycles. The van der Waals surface area contributed by atoms with Crippen molar-refractivity contribution in [1.82, 2.24) is 24.5 Å². The number of pyridine rings is 1. The number of aromatic amines is 1. The summed E-state index contributed by atoms with van der Waals surface area (Å²) in [5.41, 5.74) is 3.75. The van der Waals surface area contributed by atoms with E-state index >= 15 is 0 Å². The van der Waals surface area contributed by atoms with Crippen molar-refractivity contribution in [3.8, 4) is 22.5 Å². The van der Waals surface area contributed by atoms with Crippen molar-refractivity contribution in [2.75, 3.05) is 0 Å². The van der Waals surface area contributed by atoms with Gasteiger partial charge < -0.3 is 4.98 Å². The monoisotopic (exact) mass is 437 g/mol. The van der Waals surface area contributed by atoms with Crippen LogP contribution in [-0.4, -0.2) is 24.5 Å². The molecule has 8 heteroatoms. The van der Waals surface area contributed by atoms with Crippen molar-refractivity contribution in [2.24, 2.45) is 0 Å². The number of nitrogens with one attached hydrogen (secondary N) is 1. The van der Waals surface area contributed by atoms with Crippen molar-refractivity contribution in [2.45, 2.75) is 25.8 Å². The van der Waals surface area contributed by atoms with Crippen LogP contribution in [0.3, 0.4) is 0 Å². The van der Waals surface area contributed by atoms with Gasteiger partial charge in [-0.1, -0.05) is 35.3 Å². The number of hydrogen-bond donors (Lipinski definition) is 1. The van der Waals surface area contributed by atoms with E-state index in [0.29, 0.717) is 33.8 Å². The van der Waals surface area contributed by atoms with Gasteiger partial charge in [0.15, 0.2) is 0 Å². The van der Waals surface area contributed by atoms with Gasteiger partial charge in [-0.3, -0.25) is 14.3 Å². The van der Waals surface area contributed by atoms with Crippen molar-refractivity contribution in [3.05, 3.63) is 86.5 Å². The van der Waals surface area contributed by atoms with E-state index in [4.69, 9.17) is 33.2 Å². The highest BCUT2D eigenvalue weighted by Crippen LogP contribution is 2.33. The number of aryl methyl sites for hydroxylation is 2. The average Bonchev–Trinajstić information content (AvgIpc) is 3.31. The molecule has 1 unspecified atom stereocenters. The molecule has 0 amide bonds. The summed E-state index contributed by atoms with van der Waals surface area (Å²) in [5, 5.41) is 1.05. The first-order chi connectivity index (χ1) is 14.5. The molecule has 5 rings (SSSR count). The Hall–Kier alpha value is -2.96. The Balaban J connectivity index is 1.54. The molecule has 0 saturated carbocycles. The lowest BCUT2D eigenvalue weighted by atomic mass is 10.1. The molecule has 0 bridgehead atoms. The molecule has 3 aromatic heterocycles. The summed E-state index contributed by atoms with van der Waals surface area (Å²) in [4.78, 5) is 29.8. The van der Waals surface area contributed by atoms with E-state index in [1.807, 2.05) is 37.3 Å². The molecule has 1 atom stereocenters. The van der Waals surface area contributed by atoms with Gasteiger partial charge in [0, 0.05) is 40.5 Å². The van der Waals surface area contributed by atoms with Crippen LogP contribution >= 0.6 is 23.2 Å². The molecular formula is C22H17Cl2N5O. The molecule has 0 fully saturated rings. The number of hydrogen-bond acceptors (Lipinski definition) is 4.